The van der Waals surface area contributed by atoms with E-state index in [1.807, 2.05) is 0 Å². The van der Waals surface area contributed by atoms with Crippen LogP contribution >= 0.6 is 0 Å². The van der Waals surface area contributed by atoms with Crippen LogP contribution in [0, 0.1) is 5.92 Å². The Morgan fingerprint density at radius 1 is 1.27 bits per heavy atom. The van der Waals surface area contributed by atoms with Crippen molar-refractivity contribution >= 4 is 17.6 Å². The number of anilines is 1. The van der Waals surface area contributed by atoms with Crippen molar-refractivity contribution in [2.24, 2.45) is 5.92 Å². The molecule has 0 spiro atoms. The van der Waals surface area contributed by atoms with Crippen LogP contribution in [-0.4, -0.2) is 27.8 Å². The summed E-state index contributed by atoms with van der Waals surface area (Å²) in [6, 6.07) is 6.85. The highest BCUT2D eigenvalue weighted by Crippen LogP contribution is 2.37. The van der Waals surface area contributed by atoms with Crippen LogP contribution in [0.15, 0.2) is 47.6 Å². The van der Waals surface area contributed by atoms with Gasteiger partial charge in [-0.05, 0) is 37.6 Å². The van der Waals surface area contributed by atoms with E-state index in [4.69, 9.17) is 15.6 Å². The SMILES string of the molecule is CC1=C(C(=O)O)C(C(=O)O)C=CC1(C)Oc1ccccc1N. The van der Waals surface area contributed by atoms with Gasteiger partial charge in [-0.3, -0.25) is 4.79 Å². The zero-order valence-electron chi connectivity index (χ0n) is 12.2. The first-order chi connectivity index (χ1) is 10.3. The first-order valence-electron chi connectivity index (χ1n) is 6.66. The molecule has 0 radical (unpaired) electrons. The molecule has 0 saturated heterocycles. The summed E-state index contributed by atoms with van der Waals surface area (Å²) in [7, 11) is 0. The van der Waals surface area contributed by atoms with Crippen molar-refractivity contribution in [3.63, 3.8) is 0 Å². The highest BCUT2D eigenvalue weighted by molar-refractivity contribution is 5.96. The van der Waals surface area contributed by atoms with E-state index in [1.165, 1.54) is 6.08 Å². The van der Waals surface area contributed by atoms with Crippen molar-refractivity contribution in [2.45, 2.75) is 19.4 Å². The second kappa shape index (κ2) is 5.55. The largest absolute Gasteiger partial charge is 0.481 e. The van der Waals surface area contributed by atoms with Crippen LogP contribution in [-0.2, 0) is 9.59 Å². The van der Waals surface area contributed by atoms with Gasteiger partial charge in [-0.1, -0.05) is 18.2 Å². The Hall–Kier alpha value is -2.76. The van der Waals surface area contributed by atoms with Gasteiger partial charge < -0.3 is 20.7 Å². The van der Waals surface area contributed by atoms with Gasteiger partial charge in [0.1, 0.15) is 17.3 Å². The number of para-hydroxylation sites is 2. The molecule has 1 aromatic carbocycles. The Bertz CT molecular complexity index is 692. The Morgan fingerprint density at radius 3 is 2.45 bits per heavy atom. The molecule has 0 bridgehead atoms. The molecule has 6 nitrogen and oxygen atoms in total. The molecule has 1 aliphatic rings. The average molecular weight is 303 g/mol. The summed E-state index contributed by atoms with van der Waals surface area (Å²) in [5.74, 6) is -3.27. The first kappa shape index (κ1) is 15.6. The molecule has 0 aromatic heterocycles. The van der Waals surface area contributed by atoms with Crippen LogP contribution < -0.4 is 10.5 Å². The maximum Gasteiger partial charge on any atom is 0.332 e. The van der Waals surface area contributed by atoms with E-state index >= 15 is 0 Å². The van der Waals surface area contributed by atoms with E-state index in [9.17, 15) is 14.7 Å². The third-order valence-corrected chi connectivity index (χ3v) is 3.80. The van der Waals surface area contributed by atoms with Crippen molar-refractivity contribution in [1.82, 2.24) is 0 Å². The molecule has 1 aliphatic carbocycles. The molecular formula is C16H17NO5. The zero-order valence-corrected chi connectivity index (χ0v) is 12.2. The van der Waals surface area contributed by atoms with Gasteiger partial charge in [0.15, 0.2) is 0 Å². The maximum atomic E-state index is 11.5. The topological polar surface area (TPSA) is 110 Å². The molecule has 4 N–H and O–H groups in total. The van der Waals surface area contributed by atoms with Gasteiger partial charge in [0.05, 0.1) is 11.3 Å². The summed E-state index contributed by atoms with van der Waals surface area (Å²) in [5.41, 5.74) is 5.32. The minimum Gasteiger partial charge on any atom is -0.481 e. The predicted molar refractivity (Wildman–Crippen MR) is 80.5 cm³/mol. The van der Waals surface area contributed by atoms with Crippen LogP contribution in [0.5, 0.6) is 5.75 Å². The molecule has 2 rings (SSSR count). The third kappa shape index (κ3) is 2.67. The summed E-state index contributed by atoms with van der Waals surface area (Å²) < 4.78 is 5.87. The van der Waals surface area contributed by atoms with E-state index in [-0.39, 0.29) is 5.57 Å². The molecule has 22 heavy (non-hydrogen) atoms. The standard InChI is InChI=1S/C16H17NO5/c1-9-13(15(20)21)10(14(18)19)7-8-16(9,2)22-12-6-4-3-5-11(12)17/h3-8,10H,17H2,1-2H3,(H,18,19)(H,20,21). The van der Waals surface area contributed by atoms with E-state index in [1.54, 1.807) is 44.2 Å². The number of carboxylic acids is 2. The van der Waals surface area contributed by atoms with Crippen LogP contribution in [0.3, 0.4) is 0 Å². The Labute approximate surface area is 127 Å². The number of hydrogen-bond donors (Lipinski definition) is 3. The fraction of sp³-hybridized carbons (Fsp3) is 0.250. The smallest absolute Gasteiger partial charge is 0.332 e. The van der Waals surface area contributed by atoms with E-state index in [2.05, 4.69) is 0 Å². The number of nitrogens with two attached hydrogens (primary N) is 1. The molecule has 0 fully saturated rings. The maximum absolute atomic E-state index is 11.5. The molecule has 0 aliphatic heterocycles. The molecule has 1 aromatic rings. The number of nitrogen functional groups attached to an aromatic ring is 1. The predicted octanol–water partition coefficient (Wildman–Crippen LogP) is 2.08. The van der Waals surface area contributed by atoms with Crippen molar-refractivity contribution < 1.29 is 24.5 Å². The lowest BCUT2D eigenvalue weighted by Gasteiger charge is -2.34. The Kier molecular flexibility index (Phi) is 3.95. The van der Waals surface area contributed by atoms with Gasteiger partial charge in [0.25, 0.3) is 0 Å². The molecule has 2 unspecified atom stereocenters. The second-order valence-corrected chi connectivity index (χ2v) is 5.27. The number of rotatable bonds is 4. The highest BCUT2D eigenvalue weighted by atomic mass is 16.5. The van der Waals surface area contributed by atoms with Crippen LogP contribution in [0.25, 0.3) is 0 Å². The lowest BCUT2D eigenvalue weighted by atomic mass is 9.80. The Morgan fingerprint density at radius 2 is 1.91 bits per heavy atom. The number of carbonyl (C=O) groups is 2. The first-order valence-corrected chi connectivity index (χ1v) is 6.66. The van der Waals surface area contributed by atoms with Gasteiger partial charge in [0.2, 0.25) is 0 Å². The fourth-order valence-corrected chi connectivity index (χ4v) is 2.41. The molecule has 6 heteroatoms. The van der Waals surface area contributed by atoms with Gasteiger partial charge >= 0.3 is 11.9 Å². The Balaban J connectivity index is 2.47. The van der Waals surface area contributed by atoms with Crippen LogP contribution in [0.1, 0.15) is 13.8 Å². The summed E-state index contributed by atoms with van der Waals surface area (Å²) in [6.07, 6.45) is 2.89. The van der Waals surface area contributed by atoms with Gasteiger partial charge in [-0.25, -0.2) is 4.79 Å². The molecular weight excluding hydrogens is 286 g/mol. The number of aliphatic carboxylic acids is 2. The second-order valence-electron chi connectivity index (χ2n) is 5.27. The lowest BCUT2D eigenvalue weighted by Crippen LogP contribution is -2.38. The molecule has 2 atom stereocenters. The minimum atomic E-state index is -1.27. The van der Waals surface area contributed by atoms with E-state index < -0.39 is 23.5 Å². The lowest BCUT2D eigenvalue weighted by molar-refractivity contribution is -0.142. The third-order valence-electron chi connectivity index (χ3n) is 3.80. The molecule has 0 amide bonds. The highest BCUT2D eigenvalue weighted by Gasteiger charge is 2.39. The van der Waals surface area contributed by atoms with Crippen LogP contribution in [0.2, 0.25) is 0 Å². The summed E-state index contributed by atoms with van der Waals surface area (Å²) in [6.45, 7) is 3.23. The minimum absolute atomic E-state index is 0.188. The van der Waals surface area contributed by atoms with Crippen molar-refractivity contribution in [3.8, 4) is 5.75 Å². The van der Waals surface area contributed by atoms with Crippen molar-refractivity contribution in [2.75, 3.05) is 5.73 Å². The van der Waals surface area contributed by atoms with Crippen LogP contribution in [0.4, 0.5) is 5.69 Å². The fourth-order valence-electron chi connectivity index (χ4n) is 2.41. The van der Waals surface area contributed by atoms with Gasteiger partial charge in [-0.15, -0.1) is 0 Å². The van der Waals surface area contributed by atoms with E-state index in [0.29, 0.717) is 17.0 Å². The van der Waals surface area contributed by atoms with Gasteiger partial charge in [0, 0.05) is 0 Å². The van der Waals surface area contributed by atoms with Crippen molar-refractivity contribution in [3.05, 3.63) is 47.6 Å². The van der Waals surface area contributed by atoms with E-state index in [0.717, 1.165) is 0 Å². The molecule has 116 valence electrons. The molecule has 0 saturated carbocycles. The molecule has 0 heterocycles. The number of carboxylic acid groups (broad SMARTS) is 2. The normalized spacial score (nSPS) is 24.2. The monoisotopic (exact) mass is 303 g/mol. The van der Waals surface area contributed by atoms with Gasteiger partial charge in [-0.2, -0.15) is 0 Å². The quantitative estimate of drug-likeness (QED) is 0.580. The number of ether oxygens (including phenoxy) is 1. The number of hydrogen-bond acceptors (Lipinski definition) is 4. The number of benzene rings is 1. The average Bonchev–Trinajstić information content (AvgIpc) is 2.43. The zero-order chi connectivity index (χ0) is 16.5. The summed E-state index contributed by atoms with van der Waals surface area (Å²) in [5, 5.41) is 18.5. The summed E-state index contributed by atoms with van der Waals surface area (Å²) >= 11 is 0. The summed E-state index contributed by atoms with van der Waals surface area (Å²) in [4.78, 5) is 22.7. The van der Waals surface area contributed by atoms with Crippen molar-refractivity contribution in [1.29, 1.82) is 0 Å².